The summed E-state index contributed by atoms with van der Waals surface area (Å²) in [6.07, 6.45) is 5.42. The van der Waals surface area contributed by atoms with Crippen molar-refractivity contribution >= 4 is 96.5 Å². The highest BCUT2D eigenvalue weighted by molar-refractivity contribution is 8.94. The molecule has 0 amide bonds. The van der Waals surface area contributed by atoms with Gasteiger partial charge in [0.05, 0.1) is 20.7 Å². The molecule has 0 saturated carbocycles. The molecule has 4 aromatic rings. The molecule has 0 saturated heterocycles. The minimum Gasteiger partial charge on any atom is -0.475 e. The number of thiocarbonyl (C=S) groups is 1. The number of aryl methyl sites for hydroxylation is 4. The normalized spacial score (nSPS) is 13.5. The van der Waals surface area contributed by atoms with Crippen molar-refractivity contribution in [1.29, 1.82) is 0 Å². The second-order valence-corrected chi connectivity index (χ2v) is 28.8. The van der Waals surface area contributed by atoms with Crippen molar-refractivity contribution in [3.63, 3.8) is 0 Å². The van der Waals surface area contributed by atoms with Crippen molar-refractivity contribution < 1.29 is 9.47 Å². The minimum atomic E-state index is -0.973. The Bertz CT molecular complexity index is 1740. The van der Waals surface area contributed by atoms with Gasteiger partial charge in [-0.2, -0.15) is 0 Å². The number of hydrogen-bond donors (Lipinski definition) is 1. The van der Waals surface area contributed by atoms with Crippen LogP contribution in [0, 0.1) is 33.6 Å². The minimum absolute atomic E-state index is 0.0965. The van der Waals surface area contributed by atoms with Gasteiger partial charge in [0.15, 0.2) is 51.8 Å². The SMILES string of the molecule is CCCCCCC(C(=S)NC(Oc1ccccc1C)S[P+](=S)Sc1ccccc1C)C(Oc1ccccc1C)S[P+](=S)Sc1ccccc1C. The molecule has 0 aliphatic carbocycles. The molecule has 3 nitrogen and oxygen atoms in total. The van der Waals surface area contributed by atoms with Gasteiger partial charge < -0.3 is 14.8 Å². The summed E-state index contributed by atoms with van der Waals surface area (Å²) in [4.78, 5) is 3.13. The van der Waals surface area contributed by atoms with E-state index in [1.807, 2.05) is 36.4 Å². The molecule has 1 N–H and O–H groups in total. The van der Waals surface area contributed by atoms with Crippen LogP contribution in [-0.4, -0.2) is 16.0 Å². The molecule has 12 heteroatoms. The molecule has 0 radical (unpaired) electrons. The molecule has 0 aliphatic heterocycles. The summed E-state index contributed by atoms with van der Waals surface area (Å²) in [6.45, 7) is 10.7. The molecule has 0 heterocycles. The number of unbranched alkanes of at least 4 members (excludes halogenated alkanes) is 3. The quantitative estimate of drug-likeness (QED) is 0.0402. The molecule has 0 bridgehead atoms. The number of para-hydroxylation sites is 2. The average Bonchev–Trinajstić information content (AvgIpc) is 3.08. The van der Waals surface area contributed by atoms with E-state index in [9.17, 15) is 0 Å². The maximum atomic E-state index is 6.92. The van der Waals surface area contributed by atoms with Crippen molar-refractivity contribution in [2.75, 3.05) is 0 Å². The van der Waals surface area contributed by atoms with Gasteiger partial charge >= 0.3 is 10.2 Å². The van der Waals surface area contributed by atoms with E-state index in [2.05, 4.69) is 101 Å². The predicted octanol–water partition coefficient (Wildman–Crippen LogP) is 14.1. The van der Waals surface area contributed by atoms with Crippen LogP contribution < -0.4 is 14.8 Å². The Morgan fingerprint density at radius 2 is 1.12 bits per heavy atom. The third-order valence-electron chi connectivity index (χ3n) is 7.86. The molecule has 0 aromatic heterocycles. The molecule has 0 spiro atoms. The van der Waals surface area contributed by atoms with Gasteiger partial charge in [0.25, 0.3) is 5.56 Å². The van der Waals surface area contributed by atoms with Crippen molar-refractivity contribution in [3.05, 3.63) is 119 Å². The first-order chi connectivity index (χ1) is 24.1. The Morgan fingerprint density at radius 1 is 0.640 bits per heavy atom. The fourth-order valence-corrected chi connectivity index (χ4v) is 18.7. The zero-order valence-electron chi connectivity index (χ0n) is 29.1. The molecule has 5 unspecified atom stereocenters. The fraction of sp³-hybridized carbons (Fsp3) is 0.342. The number of ether oxygens (including phenoxy) is 2. The van der Waals surface area contributed by atoms with Crippen LogP contribution in [0.3, 0.4) is 0 Å². The van der Waals surface area contributed by atoms with Crippen LogP contribution in [-0.2, 0) is 23.6 Å². The number of benzene rings is 4. The van der Waals surface area contributed by atoms with Gasteiger partial charge in [0, 0.05) is 0 Å². The Morgan fingerprint density at radius 3 is 1.64 bits per heavy atom. The van der Waals surface area contributed by atoms with Gasteiger partial charge in [-0.25, -0.2) is 0 Å². The summed E-state index contributed by atoms with van der Waals surface area (Å²) in [5, 5.41) is 1.73. The molecule has 4 rings (SSSR count). The Kier molecular flexibility index (Phi) is 18.4. The van der Waals surface area contributed by atoms with Gasteiger partial charge in [-0.15, -0.1) is 0 Å². The lowest BCUT2D eigenvalue weighted by atomic mass is 10.0. The molecule has 5 atom stereocenters. The van der Waals surface area contributed by atoms with E-state index in [1.54, 1.807) is 45.5 Å². The van der Waals surface area contributed by atoms with Crippen LogP contribution >= 0.6 is 67.9 Å². The predicted molar refractivity (Wildman–Crippen MR) is 237 cm³/mol. The van der Waals surface area contributed by atoms with Crippen molar-refractivity contribution in [1.82, 2.24) is 5.32 Å². The van der Waals surface area contributed by atoms with E-state index in [-0.39, 0.29) is 11.4 Å². The molecule has 264 valence electrons. The maximum absolute atomic E-state index is 6.92. The summed E-state index contributed by atoms with van der Waals surface area (Å²) >= 11 is 25.5. The molecule has 4 aromatic carbocycles. The van der Waals surface area contributed by atoms with Crippen LogP contribution in [0.25, 0.3) is 0 Å². The first kappa shape index (κ1) is 41.6. The molecule has 0 fully saturated rings. The number of hydrogen-bond acceptors (Lipinski definition) is 9. The first-order valence-corrected chi connectivity index (χ1v) is 27.6. The van der Waals surface area contributed by atoms with Crippen LogP contribution in [0.5, 0.6) is 11.5 Å². The van der Waals surface area contributed by atoms with E-state index in [0.717, 1.165) is 46.9 Å². The maximum Gasteiger partial charge on any atom is 0.328 e. The fourth-order valence-electron chi connectivity index (χ4n) is 4.96. The zero-order valence-corrected chi connectivity index (χ0v) is 36.6. The standard InChI is InChI=1S/C38H44NO2P2S7/c1-6-7-8-9-22-31(37(40-32-23-14-10-18-27(32)2)49-42(45)47-34-25-16-12-20-29(34)4)36(44)39-38(41-33-24-15-11-19-28(33)3)50-43(46)48-35-26-17-13-21-30(35)5/h10-21,23-26,31,37-38H,6-9,22H2,1-5H3/q+1/p+1. The third kappa shape index (κ3) is 13.7. The highest BCUT2D eigenvalue weighted by Gasteiger charge is 2.38. The van der Waals surface area contributed by atoms with E-state index in [0.29, 0.717) is 0 Å². The zero-order chi connectivity index (χ0) is 35.9. The average molecular weight is 834 g/mol. The van der Waals surface area contributed by atoms with Crippen molar-refractivity contribution in [3.8, 4) is 11.5 Å². The summed E-state index contributed by atoms with van der Waals surface area (Å²) in [5.41, 5.74) is 3.84. The second kappa shape index (κ2) is 22.1. The summed E-state index contributed by atoms with van der Waals surface area (Å²) < 4.78 is 13.6. The Hall–Kier alpha value is -1.19. The summed E-state index contributed by atoms with van der Waals surface area (Å²) in [7, 11) is 0. The van der Waals surface area contributed by atoms with Crippen LogP contribution in [0.2, 0.25) is 0 Å². The molecular formula is C38H45NO2P2S7+2. The Labute approximate surface area is 332 Å². The van der Waals surface area contributed by atoms with E-state index in [4.69, 9.17) is 45.3 Å². The third-order valence-corrected chi connectivity index (χ3v) is 21.4. The van der Waals surface area contributed by atoms with Crippen LogP contribution in [0.4, 0.5) is 0 Å². The summed E-state index contributed by atoms with van der Waals surface area (Å²) in [5.74, 6) is 1.57. The lowest BCUT2D eigenvalue weighted by Gasteiger charge is -2.28. The second-order valence-electron chi connectivity index (χ2n) is 11.8. The highest BCUT2D eigenvalue weighted by Crippen LogP contribution is 2.59. The Balaban J connectivity index is 1.63. The lowest BCUT2D eigenvalue weighted by Crippen LogP contribution is -2.43. The molecule has 50 heavy (non-hydrogen) atoms. The van der Waals surface area contributed by atoms with Crippen LogP contribution in [0.1, 0.15) is 61.3 Å². The largest absolute Gasteiger partial charge is 0.475 e. The van der Waals surface area contributed by atoms with E-state index >= 15 is 0 Å². The van der Waals surface area contributed by atoms with Crippen LogP contribution in [0.15, 0.2) is 107 Å². The smallest absolute Gasteiger partial charge is 0.328 e. The molecular weight excluding hydrogens is 789 g/mol. The van der Waals surface area contributed by atoms with E-state index in [1.165, 1.54) is 33.8 Å². The van der Waals surface area contributed by atoms with Gasteiger partial charge in [0.1, 0.15) is 34.3 Å². The van der Waals surface area contributed by atoms with Gasteiger partial charge in [-0.1, -0.05) is 118 Å². The van der Waals surface area contributed by atoms with Gasteiger partial charge in [0.2, 0.25) is 0 Å². The van der Waals surface area contributed by atoms with Gasteiger partial charge in [-0.3, -0.25) is 0 Å². The van der Waals surface area contributed by atoms with E-state index < -0.39 is 15.8 Å². The highest BCUT2D eigenvalue weighted by atomic mass is 33.2. The number of rotatable bonds is 20. The van der Waals surface area contributed by atoms with Gasteiger partial charge in [-0.05, 0) is 80.6 Å². The number of nitrogens with one attached hydrogen (secondary N) is 1. The van der Waals surface area contributed by atoms with Crippen molar-refractivity contribution in [2.24, 2.45) is 5.92 Å². The first-order valence-electron chi connectivity index (χ1n) is 16.6. The summed E-state index contributed by atoms with van der Waals surface area (Å²) in [6, 6.07) is 33.1. The van der Waals surface area contributed by atoms with Crippen molar-refractivity contribution in [2.45, 2.75) is 87.5 Å². The lowest BCUT2D eigenvalue weighted by molar-refractivity contribution is 0.233. The molecule has 0 aliphatic rings. The topological polar surface area (TPSA) is 30.5 Å². The monoisotopic (exact) mass is 833 g/mol.